The summed E-state index contributed by atoms with van der Waals surface area (Å²) in [5.41, 5.74) is 6.69. The summed E-state index contributed by atoms with van der Waals surface area (Å²) in [4.78, 5) is 20.0. The smallest absolute Gasteiger partial charge is 0.322 e. The summed E-state index contributed by atoms with van der Waals surface area (Å²) in [5, 5.41) is 9.36. The van der Waals surface area contributed by atoms with E-state index >= 15 is 0 Å². The molecule has 0 bridgehead atoms. The molecule has 3 rings (SSSR count). The van der Waals surface area contributed by atoms with E-state index in [9.17, 15) is 13.2 Å². The fourth-order valence-corrected chi connectivity index (χ4v) is 3.30. The molecule has 0 unspecified atom stereocenters. The molecular weight excluding hydrogens is 384 g/mol. The van der Waals surface area contributed by atoms with Crippen molar-refractivity contribution >= 4 is 21.8 Å². The number of sulfone groups is 1. The van der Waals surface area contributed by atoms with Gasteiger partial charge in [-0.25, -0.2) is 13.4 Å². The van der Waals surface area contributed by atoms with Gasteiger partial charge in [-0.2, -0.15) is 0 Å². The van der Waals surface area contributed by atoms with Gasteiger partial charge in [0.25, 0.3) is 5.89 Å². The van der Waals surface area contributed by atoms with Crippen molar-refractivity contribution in [2.75, 3.05) is 11.9 Å². The minimum Gasteiger partial charge on any atom is -0.401 e. The average Bonchev–Trinajstić information content (AvgIpc) is 3.16. The van der Waals surface area contributed by atoms with Crippen LogP contribution in [0.2, 0.25) is 0 Å². The molecule has 1 amide bonds. The number of hydrogen-bond donors (Lipinski definition) is 2. The van der Waals surface area contributed by atoms with Crippen molar-refractivity contribution < 1.29 is 17.6 Å². The Bertz CT molecular complexity index is 1090. The number of hydrogen-bond acceptors (Lipinski definition) is 9. The van der Waals surface area contributed by atoms with Crippen LogP contribution in [-0.4, -0.2) is 46.3 Å². The molecule has 0 aliphatic heterocycles. The lowest BCUT2D eigenvalue weighted by atomic mass is 10.1. The minimum absolute atomic E-state index is 0.0701. The number of nitrogens with two attached hydrogens (primary N) is 1. The Hall–Kier alpha value is -3.18. The average molecular weight is 402 g/mol. The summed E-state index contributed by atoms with van der Waals surface area (Å²) >= 11 is 0. The summed E-state index contributed by atoms with van der Waals surface area (Å²) in [7, 11) is -3.35. The van der Waals surface area contributed by atoms with Gasteiger partial charge in [0.2, 0.25) is 5.91 Å². The standard InChI is InChI=1S/C17H18N6O4S/c1-10(2)28(25,26)12-5-3-11(4-6-12)13-8-19-9-14(20-13)16-22-23-17(27-16)21-15(24)7-18/h3-6,8-10H,7,18H2,1-2H3,(H,21,23,24). The van der Waals surface area contributed by atoms with E-state index in [-0.39, 0.29) is 23.3 Å². The van der Waals surface area contributed by atoms with Crippen molar-refractivity contribution in [2.45, 2.75) is 24.0 Å². The minimum atomic E-state index is -3.35. The number of amides is 1. The monoisotopic (exact) mass is 402 g/mol. The van der Waals surface area contributed by atoms with Gasteiger partial charge >= 0.3 is 6.01 Å². The first-order valence-electron chi connectivity index (χ1n) is 8.31. The van der Waals surface area contributed by atoms with Crippen LogP contribution in [0.15, 0.2) is 46.0 Å². The van der Waals surface area contributed by atoms with Crippen LogP contribution >= 0.6 is 0 Å². The van der Waals surface area contributed by atoms with Crippen LogP contribution in [0.5, 0.6) is 0 Å². The van der Waals surface area contributed by atoms with Crippen molar-refractivity contribution in [1.82, 2.24) is 20.2 Å². The Labute approximate surface area is 161 Å². The van der Waals surface area contributed by atoms with Crippen LogP contribution in [0.3, 0.4) is 0 Å². The highest BCUT2D eigenvalue weighted by Crippen LogP contribution is 2.24. The predicted molar refractivity (Wildman–Crippen MR) is 101 cm³/mol. The zero-order valence-corrected chi connectivity index (χ0v) is 16.0. The summed E-state index contributed by atoms with van der Waals surface area (Å²) < 4.78 is 29.8. The van der Waals surface area contributed by atoms with Gasteiger partial charge in [-0.1, -0.05) is 17.2 Å². The van der Waals surface area contributed by atoms with Gasteiger partial charge in [-0.05, 0) is 26.0 Å². The Morgan fingerprint density at radius 1 is 1.14 bits per heavy atom. The zero-order valence-electron chi connectivity index (χ0n) is 15.2. The van der Waals surface area contributed by atoms with E-state index in [0.717, 1.165) is 0 Å². The van der Waals surface area contributed by atoms with Crippen molar-refractivity contribution in [3.63, 3.8) is 0 Å². The number of carbonyl (C=O) groups excluding carboxylic acids is 1. The molecule has 0 radical (unpaired) electrons. The second-order valence-electron chi connectivity index (χ2n) is 6.07. The first-order valence-corrected chi connectivity index (χ1v) is 9.86. The highest BCUT2D eigenvalue weighted by Gasteiger charge is 2.19. The number of benzene rings is 1. The lowest BCUT2D eigenvalue weighted by molar-refractivity contribution is -0.115. The van der Waals surface area contributed by atoms with Gasteiger partial charge in [0.05, 0.1) is 34.8 Å². The van der Waals surface area contributed by atoms with Crippen LogP contribution in [-0.2, 0) is 14.6 Å². The first kappa shape index (κ1) is 19.6. The fraction of sp³-hybridized carbons (Fsp3) is 0.235. The number of nitrogens with one attached hydrogen (secondary N) is 1. The number of rotatable bonds is 6. The maximum atomic E-state index is 12.2. The van der Waals surface area contributed by atoms with Gasteiger partial charge in [0.15, 0.2) is 9.84 Å². The van der Waals surface area contributed by atoms with E-state index in [4.69, 9.17) is 10.2 Å². The number of anilines is 1. The molecule has 3 N–H and O–H groups in total. The molecule has 0 aliphatic rings. The molecule has 11 heteroatoms. The third-order valence-corrected chi connectivity index (χ3v) is 5.98. The van der Waals surface area contributed by atoms with E-state index in [0.29, 0.717) is 17.0 Å². The van der Waals surface area contributed by atoms with Gasteiger partial charge in [0.1, 0.15) is 5.69 Å². The van der Waals surface area contributed by atoms with Crippen molar-refractivity contribution in [3.8, 4) is 22.8 Å². The Kier molecular flexibility index (Phi) is 5.47. The molecule has 0 saturated heterocycles. The molecule has 0 fully saturated rings. The first-order chi connectivity index (χ1) is 13.3. The van der Waals surface area contributed by atoms with E-state index in [1.54, 1.807) is 26.0 Å². The van der Waals surface area contributed by atoms with Crippen LogP contribution in [0, 0.1) is 0 Å². The normalized spacial score (nSPS) is 11.6. The second-order valence-corrected chi connectivity index (χ2v) is 8.58. The number of carbonyl (C=O) groups is 1. The molecule has 3 aromatic rings. The maximum Gasteiger partial charge on any atom is 0.322 e. The van der Waals surface area contributed by atoms with Gasteiger partial charge in [-0.15, -0.1) is 5.10 Å². The number of aromatic nitrogens is 4. The molecule has 10 nitrogen and oxygen atoms in total. The topological polar surface area (TPSA) is 154 Å². The summed E-state index contributed by atoms with van der Waals surface area (Å²) in [5.74, 6) is -0.396. The predicted octanol–water partition coefficient (Wildman–Crippen LogP) is 1.27. The SMILES string of the molecule is CC(C)S(=O)(=O)c1ccc(-c2cncc(-c3nnc(NC(=O)CN)o3)n2)cc1. The lowest BCUT2D eigenvalue weighted by Crippen LogP contribution is -2.21. The van der Waals surface area contributed by atoms with Crippen molar-refractivity contribution in [3.05, 3.63) is 36.7 Å². The van der Waals surface area contributed by atoms with Gasteiger partial charge < -0.3 is 10.2 Å². The van der Waals surface area contributed by atoms with Crippen LogP contribution in [0.25, 0.3) is 22.8 Å². The molecule has 1 aromatic carbocycles. The third-order valence-electron chi connectivity index (χ3n) is 3.81. The number of nitrogens with zero attached hydrogens (tertiary/aromatic N) is 4. The Balaban J connectivity index is 1.87. The van der Waals surface area contributed by atoms with Gasteiger partial charge in [0, 0.05) is 5.56 Å². The largest absolute Gasteiger partial charge is 0.401 e. The third kappa shape index (κ3) is 4.05. The fourth-order valence-electron chi connectivity index (χ4n) is 2.24. The summed E-state index contributed by atoms with van der Waals surface area (Å²) in [6, 6.07) is 6.28. The zero-order chi connectivity index (χ0) is 20.3. The quantitative estimate of drug-likeness (QED) is 0.620. The lowest BCUT2D eigenvalue weighted by Gasteiger charge is -2.08. The Morgan fingerprint density at radius 2 is 1.82 bits per heavy atom. The molecule has 2 heterocycles. The summed E-state index contributed by atoms with van der Waals surface area (Å²) in [6.07, 6.45) is 2.96. The van der Waals surface area contributed by atoms with Crippen molar-refractivity contribution in [2.24, 2.45) is 5.73 Å². The van der Waals surface area contributed by atoms with Crippen LogP contribution in [0.1, 0.15) is 13.8 Å². The Morgan fingerprint density at radius 3 is 2.46 bits per heavy atom. The molecule has 146 valence electrons. The van der Waals surface area contributed by atoms with E-state index < -0.39 is 21.0 Å². The van der Waals surface area contributed by atoms with Gasteiger partial charge in [-0.3, -0.25) is 15.1 Å². The molecular formula is C17H18N6O4S. The second kappa shape index (κ2) is 7.82. The maximum absolute atomic E-state index is 12.2. The van der Waals surface area contributed by atoms with E-state index in [2.05, 4.69) is 25.5 Å². The highest BCUT2D eigenvalue weighted by atomic mass is 32.2. The molecule has 0 atom stereocenters. The van der Waals surface area contributed by atoms with E-state index in [1.165, 1.54) is 24.5 Å². The van der Waals surface area contributed by atoms with Crippen LogP contribution < -0.4 is 11.1 Å². The molecule has 28 heavy (non-hydrogen) atoms. The molecule has 2 aromatic heterocycles. The van der Waals surface area contributed by atoms with Crippen LogP contribution in [0.4, 0.5) is 6.01 Å². The summed E-state index contributed by atoms with van der Waals surface area (Å²) in [6.45, 7) is 3.05. The molecule has 0 spiro atoms. The van der Waals surface area contributed by atoms with E-state index in [1.807, 2.05) is 0 Å². The highest BCUT2D eigenvalue weighted by molar-refractivity contribution is 7.92. The molecule has 0 aliphatic carbocycles. The van der Waals surface area contributed by atoms with Crippen molar-refractivity contribution in [1.29, 1.82) is 0 Å². The molecule has 0 saturated carbocycles.